The van der Waals surface area contributed by atoms with Gasteiger partial charge in [-0.25, -0.2) is 0 Å². The Hall–Kier alpha value is -1.84. The Morgan fingerprint density at radius 2 is 1.86 bits per heavy atom. The Morgan fingerprint density at radius 3 is 2.29 bits per heavy atom. The first-order valence-electron chi connectivity index (χ1n) is 7.33. The van der Waals surface area contributed by atoms with Crippen LogP contribution in [0.15, 0.2) is 24.3 Å². The van der Waals surface area contributed by atoms with Crippen LogP contribution in [0.25, 0.3) is 0 Å². The van der Waals surface area contributed by atoms with Crippen molar-refractivity contribution in [2.45, 2.75) is 45.6 Å². The molecule has 21 heavy (non-hydrogen) atoms. The fraction of sp³-hybridized carbons (Fsp3) is 0.529. The summed E-state index contributed by atoms with van der Waals surface area (Å²) in [5.74, 6) is -1.54. The lowest BCUT2D eigenvalue weighted by atomic mass is 9.86. The van der Waals surface area contributed by atoms with E-state index in [1.165, 1.54) is 5.56 Å². The molecule has 2 atom stereocenters. The van der Waals surface area contributed by atoms with Crippen LogP contribution in [-0.2, 0) is 15.0 Å². The van der Waals surface area contributed by atoms with Gasteiger partial charge in [0, 0.05) is 13.0 Å². The zero-order valence-corrected chi connectivity index (χ0v) is 13.1. The van der Waals surface area contributed by atoms with Gasteiger partial charge in [0.15, 0.2) is 0 Å². The second kappa shape index (κ2) is 5.51. The van der Waals surface area contributed by atoms with Crippen molar-refractivity contribution in [1.82, 2.24) is 4.90 Å². The Balaban J connectivity index is 2.15. The van der Waals surface area contributed by atoms with Crippen molar-refractivity contribution in [3.8, 4) is 0 Å². The Kier molecular flexibility index (Phi) is 4.08. The molecule has 0 radical (unpaired) electrons. The summed E-state index contributed by atoms with van der Waals surface area (Å²) < 4.78 is 0. The third-order valence-corrected chi connectivity index (χ3v) is 4.23. The number of carboxylic acids is 1. The van der Waals surface area contributed by atoms with Crippen LogP contribution >= 0.6 is 0 Å². The topological polar surface area (TPSA) is 57.6 Å². The Bertz CT molecular complexity index is 542. The molecule has 0 spiro atoms. The molecule has 0 aliphatic carbocycles. The minimum absolute atomic E-state index is 0.0743. The van der Waals surface area contributed by atoms with Gasteiger partial charge in [0.05, 0.1) is 12.0 Å². The number of carboxylic acid groups (broad SMARTS) is 1. The SMILES string of the molecule is CC(c1ccc(C(C)(C)C)cc1)N1CC(C(=O)O)CC1=O. The standard InChI is InChI=1S/C17H23NO3/c1-11(18-10-13(16(20)21)9-15(18)19)12-5-7-14(8-6-12)17(2,3)4/h5-8,11,13H,9-10H2,1-4H3,(H,20,21). The predicted molar refractivity (Wildman–Crippen MR) is 81.0 cm³/mol. The van der Waals surface area contributed by atoms with Gasteiger partial charge in [-0.3, -0.25) is 9.59 Å². The maximum atomic E-state index is 12.0. The zero-order valence-electron chi connectivity index (χ0n) is 13.1. The Labute approximate surface area is 125 Å². The lowest BCUT2D eigenvalue weighted by molar-refractivity contribution is -0.141. The molecule has 2 unspecified atom stereocenters. The van der Waals surface area contributed by atoms with Crippen LogP contribution in [-0.4, -0.2) is 28.4 Å². The summed E-state index contributed by atoms with van der Waals surface area (Å²) in [4.78, 5) is 24.7. The molecule has 1 amide bonds. The molecule has 1 heterocycles. The molecule has 1 saturated heterocycles. The van der Waals surface area contributed by atoms with Crippen molar-refractivity contribution in [1.29, 1.82) is 0 Å². The molecule has 4 nitrogen and oxygen atoms in total. The van der Waals surface area contributed by atoms with Crippen molar-refractivity contribution in [2.75, 3.05) is 6.54 Å². The molecular formula is C17H23NO3. The van der Waals surface area contributed by atoms with Crippen LogP contribution in [0.5, 0.6) is 0 Å². The zero-order chi connectivity index (χ0) is 15.8. The van der Waals surface area contributed by atoms with Crippen LogP contribution < -0.4 is 0 Å². The summed E-state index contributed by atoms with van der Waals surface area (Å²) >= 11 is 0. The van der Waals surface area contributed by atoms with Gasteiger partial charge in [0.2, 0.25) is 5.91 Å². The number of likely N-dealkylation sites (tertiary alicyclic amines) is 1. The van der Waals surface area contributed by atoms with Gasteiger partial charge in [0.1, 0.15) is 0 Å². The molecule has 1 aliphatic heterocycles. The molecule has 2 rings (SSSR count). The van der Waals surface area contributed by atoms with Gasteiger partial charge < -0.3 is 10.0 Å². The highest BCUT2D eigenvalue weighted by Crippen LogP contribution is 2.30. The largest absolute Gasteiger partial charge is 0.481 e. The number of carbonyl (C=O) groups excluding carboxylic acids is 1. The van der Waals surface area contributed by atoms with Crippen LogP contribution in [0, 0.1) is 5.92 Å². The summed E-state index contributed by atoms with van der Waals surface area (Å²) in [6.45, 7) is 8.73. The number of hydrogen-bond donors (Lipinski definition) is 1. The van der Waals surface area contributed by atoms with E-state index in [2.05, 4.69) is 32.9 Å². The fourth-order valence-corrected chi connectivity index (χ4v) is 2.71. The van der Waals surface area contributed by atoms with Crippen molar-refractivity contribution in [2.24, 2.45) is 5.92 Å². The van der Waals surface area contributed by atoms with E-state index in [0.717, 1.165) is 5.56 Å². The first-order valence-corrected chi connectivity index (χ1v) is 7.33. The lowest BCUT2D eigenvalue weighted by Gasteiger charge is -2.26. The summed E-state index contributed by atoms with van der Waals surface area (Å²) in [5, 5.41) is 9.05. The summed E-state index contributed by atoms with van der Waals surface area (Å²) in [6.07, 6.45) is 0.111. The van der Waals surface area contributed by atoms with E-state index in [-0.39, 0.29) is 23.8 Å². The summed E-state index contributed by atoms with van der Waals surface area (Å²) in [5.41, 5.74) is 2.39. The number of hydrogen-bond acceptors (Lipinski definition) is 2. The van der Waals surface area contributed by atoms with Crippen molar-refractivity contribution >= 4 is 11.9 Å². The molecule has 0 aromatic heterocycles. The molecule has 1 N–H and O–H groups in total. The van der Waals surface area contributed by atoms with E-state index >= 15 is 0 Å². The quantitative estimate of drug-likeness (QED) is 0.930. The monoisotopic (exact) mass is 289 g/mol. The second-order valence-electron chi connectivity index (χ2n) is 6.83. The maximum Gasteiger partial charge on any atom is 0.308 e. The molecule has 4 heteroatoms. The smallest absolute Gasteiger partial charge is 0.308 e. The highest BCUT2D eigenvalue weighted by atomic mass is 16.4. The third kappa shape index (κ3) is 3.26. The highest BCUT2D eigenvalue weighted by molar-refractivity contribution is 5.86. The van der Waals surface area contributed by atoms with E-state index < -0.39 is 11.9 Å². The minimum Gasteiger partial charge on any atom is -0.481 e. The van der Waals surface area contributed by atoms with Crippen molar-refractivity contribution in [3.05, 3.63) is 35.4 Å². The first-order chi connectivity index (χ1) is 9.70. The average Bonchev–Trinajstić information content (AvgIpc) is 2.79. The van der Waals surface area contributed by atoms with Crippen LogP contribution in [0.2, 0.25) is 0 Å². The highest BCUT2D eigenvalue weighted by Gasteiger charge is 2.36. The number of nitrogens with zero attached hydrogens (tertiary/aromatic N) is 1. The van der Waals surface area contributed by atoms with Gasteiger partial charge >= 0.3 is 5.97 Å². The van der Waals surface area contributed by atoms with Gasteiger partial charge in [0.25, 0.3) is 0 Å². The summed E-state index contributed by atoms with van der Waals surface area (Å²) in [7, 11) is 0. The molecule has 114 valence electrons. The number of carbonyl (C=O) groups is 2. The maximum absolute atomic E-state index is 12.0. The molecule has 1 aromatic carbocycles. The van der Waals surface area contributed by atoms with Crippen molar-refractivity contribution in [3.63, 3.8) is 0 Å². The molecule has 1 aliphatic rings. The normalized spacial score (nSPS) is 20.7. The van der Waals surface area contributed by atoms with Crippen molar-refractivity contribution < 1.29 is 14.7 Å². The summed E-state index contributed by atoms with van der Waals surface area (Å²) in [6, 6.07) is 8.15. The fourth-order valence-electron chi connectivity index (χ4n) is 2.71. The minimum atomic E-state index is -0.888. The molecular weight excluding hydrogens is 266 g/mol. The van der Waals surface area contributed by atoms with E-state index in [1.807, 2.05) is 19.1 Å². The van der Waals surface area contributed by atoms with Gasteiger partial charge in [-0.15, -0.1) is 0 Å². The van der Waals surface area contributed by atoms with Gasteiger partial charge in [-0.1, -0.05) is 45.0 Å². The lowest BCUT2D eigenvalue weighted by Crippen LogP contribution is -2.29. The second-order valence-corrected chi connectivity index (χ2v) is 6.83. The predicted octanol–water partition coefficient (Wildman–Crippen LogP) is 2.98. The van der Waals surface area contributed by atoms with Crippen LogP contribution in [0.4, 0.5) is 0 Å². The molecule has 0 saturated carbocycles. The number of amides is 1. The van der Waals surface area contributed by atoms with Gasteiger partial charge in [-0.05, 0) is 23.5 Å². The molecule has 1 fully saturated rings. The molecule has 0 bridgehead atoms. The molecule has 1 aromatic rings. The average molecular weight is 289 g/mol. The Morgan fingerprint density at radius 1 is 1.29 bits per heavy atom. The first kappa shape index (κ1) is 15.5. The van der Waals surface area contributed by atoms with Gasteiger partial charge in [-0.2, -0.15) is 0 Å². The van der Waals surface area contributed by atoms with E-state index in [1.54, 1.807) is 4.90 Å². The van der Waals surface area contributed by atoms with E-state index in [9.17, 15) is 9.59 Å². The third-order valence-electron chi connectivity index (χ3n) is 4.23. The van der Waals surface area contributed by atoms with E-state index in [4.69, 9.17) is 5.11 Å². The number of rotatable bonds is 3. The van der Waals surface area contributed by atoms with Crippen LogP contribution in [0.1, 0.15) is 51.3 Å². The van der Waals surface area contributed by atoms with Crippen LogP contribution in [0.3, 0.4) is 0 Å². The number of aliphatic carboxylic acids is 1. The van der Waals surface area contributed by atoms with E-state index in [0.29, 0.717) is 6.54 Å². The number of benzene rings is 1.